The van der Waals surface area contributed by atoms with Crippen LogP contribution < -0.4 is 5.32 Å². The van der Waals surface area contributed by atoms with Gasteiger partial charge in [-0.15, -0.1) is 0 Å². The summed E-state index contributed by atoms with van der Waals surface area (Å²) in [6.45, 7) is 3.29. The molecule has 0 saturated heterocycles. The van der Waals surface area contributed by atoms with Crippen LogP contribution in [-0.2, 0) is 19.1 Å². The van der Waals surface area contributed by atoms with Crippen LogP contribution >= 0.6 is 0 Å². The molecule has 1 rings (SSSR count). The second-order valence-corrected chi connectivity index (χ2v) is 4.90. The lowest BCUT2D eigenvalue weighted by Gasteiger charge is -2.21. The third-order valence-corrected chi connectivity index (χ3v) is 3.33. The van der Waals surface area contributed by atoms with E-state index >= 15 is 0 Å². The van der Waals surface area contributed by atoms with Crippen LogP contribution in [0.2, 0.25) is 0 Å². The molecule has 1 N–H and O–H groups in total. The minimum absolute atomic E-state index is 0.0822. The standard InChI is InChI=1S/C16H21NO5/c1-4-11(2)14(16(20)21-3)17-13(18)10-22-15(19)12-8-6-5-7-9-12/h5-9,11,14H,4,10H2,1-3H3,(H,17,18)/t11-,14+/m1/s1. The summed E-state index contributed by atoms with van der Waals surface area (Å²) < 4.78 is 9.58. The first-order chi connectivity index (χ1) is 10.5. The highest BCUT2D eigenvalue weighted by Crippen LogP contribution is 2.09. The van der Waals surface area contributed by atoms with Gasteiger partial charge in [0.25, 0.3) is 5.91 Å². The van der Waals surface area contributed by atoms with Gasteiger partial charge in [-0.1, -0.05) is 38.5 Å². The van der Waals surface area contributed by atoms with E-state index in [1.165, 1.54) is 7.11 Å². The number of carbonyl (C=O) groups is 3. The third kappa shape index (κ3) is 5.20. The highest BCUT2D eigenvalue weighted by molar-refractivity contribution is 5.92. The Kier molecular flexibility index (Phi) is 7.08. The first-order valence-corrected chi connectivity index (χ1v) is 7.09. The van der Waals surface area contributed by atoms with Crippen molar-refractivity contribution >= 4 is 17.8 Å². The molecule has 0 spiro atoms. The average molecular weight is 307 g/mol. The molecule has 0 heterocycles. The Hall–Kier alpha value is -2.37. The lowest BCUT2D eigenvalue weighted by Crippen LogP contribution is -2.47. The van der Waals surface area contributed by atoms with Crippen LogP contribution in [-0.4, -0.2) is 37.6 Å². The first-order valence-electron chi connectivity index (χ1n) is 7.09. The largest absolute Gasteiger partial charge is 0.467 e. The topological polar surface area (TPSA) is 81.7 Å². The molecular formula is C16H21NO5. The minimum atomic E-state index is -0.752. The molecule has 1 aromatic rings. The first kappa shape index (κ1) is 17.7. The molecule has 0 bridgehead atoms. The fourth-order valence-corrected chi connectivity index (χ4v) is 1.80. The van der Waals surface area contributed by atoms with Crippen LogP contribution in [0.1, 0.15) is 30.6 Å². The van der Waals surface area contributed by atoms with E-state index in [4.69, 9.17) is 4.74 Å². The summed E-state index contributed by atoms with van der Waals surface area (Å²) >= 11 is 0. The molecule has 0 unspecified atom stereocenters. The summed E-state index contributed by atoms with van der Waals surface area (Å²) in [6.07, 6.45) is 0.698. The maximum absolute atomic E-state index is 11.8. The number of amides is 1. The van der Waals surface area contributed by atoms with Gasteiger partial charge in [0.15, 0.2) is 6.61 Å². The van der Waals surface area contributed by atoms with Gasteiger partial charge in [-0.05, 0) is 18.1 Å². The van der Waals surface area contributed by atoms with E-state index in [2.05, 4.69) is 10.1 Å². The van der Waals surface area contributed by atoms with Crippen LogP contribution in [0.4, 0.5) is 0 Å². The molecule has 1 aromatic carbocycles. The number of ether oxygens (including phenoxy) is 2. The van der Waals surface area contributed by atoms with E-state index in [-0.39, 0.29) is 5.92 Å². The van der Waals surface area contributed by atoms with E-state index in [1.54, 1.807) is 30.3 Å². The molecule has 0 fully saturated rings. The number of carbonyl (C=O) groups excluding carboxylic acids is 3. The van der Waals surface area contributed by atoms with Crippen LogP contribution in [0.5, 0.6) is 0 Å². The van der Waals surface area contributed by atoms with Gasteiger partial charge in [-0.2, -0.15) is 0 Å². The SMILES string of the molecule is CC[C@@H](C)[C@H](NC(=O)COC(=O)c1ccccc1)C(=O)OC. The summed E-state index contributed by atoms with van der Waals surface area (Å²) in [6, 6.07) is 7.61. The third-order valence-electron chi connectivity index (χ3n) is 3.33. The molecule has 0 aliphatic carbocycles. The van der Waals surface area contributed by atoms with Gasteiger partial charge in [0.1, 0.15) is 6.04 Å². The highest BCUT2D eigenvalue weighted by Gasteiger charge is 2.26. The van der Waals surface area contributed by atoms with Gasteiger partial charge in [-0.25, -0.2) is 9.59 Å². The van der Waals surface area contributed by atoms with Gasteiger partial charge < -0.3 is 14.8 Å². The molecule has 6 heteroatoms. The number of hydrogen-bond donors (Lipinski definition) is 1. The molecule has 120 valence electrons. The van der Waals surface area contributed by atoms with Gasteiger partial charge in [-0.3, -0.25) is 4.79 Å². The number of nitrogens with one attached hydrogen (secondary N) is 1. The van der Waals surface area contributed by atoms with E-state index in [9.17, 15) is 14.4 Å². The molecule has 0 radical (unpaired) electrons. The van der Waals surface area contributed by atoms with Crippen molar-refractivity contribution in [2.75, 3.05) is 13.7 Å². The Labute approximate surface area is 129 Å². The maximum Gasteiger partial charge on any atom is 0.338 e. The van der Waals surface area contributed by atoms with Crippen LogP contribution in [0.25, 0.3) is 0 Å². The minimum Gasteiger partial charge on any atom is -0.467 e. The zero-order chi connectivity index (χ0) is 16.5. The molecule has 0 saturated carbocycles. The maximum atomic E-state index is 11.8. The molecule has 0 aliphatic rings. The Bertz CT molecular complexity index is 515. The number of esters is 2. The number of methoxy groups -OCH3 is 1. The molecule has 1 amide bonds. The average Bonchev–Trinajstić information content (AvgIpc) is 2.56. The summed E-state index contributed by atoms with van der Waals surface area (Å²) in [5.74, 6) is -1.73. The van der Waals surface area contributed by atoms with Crippen molar-refractivity contribution in [3.8, 4) is 0 Å². The van der Waals surface area contributed by atoms with Gasteiger partial charge in [0.2, 0.25) is 0 Å². The van der Waals surface area contributed by atoms with Crippen molar-refractivity contribution in [2.24, 2.45) is 5.92 Å². The van der Waals surface area contributed by atoms with Crippen molar-refractivity contribution in [1.82, 2.24) is 5.32 Å². The lowest BCUT2D eigenvalue weighted by atomic mass is 9.99. The van der Waals surface area contributed by atoms with Crippen molar-refractivity contribution in [2.45, 2.75) is 26.3 Å². The second kappa shape index (κ2) is 8.81. The zero-order valence-corrected chi connectivity index (χ0v) is 13.0. The second-order valence-electron chi connectivity index (χ2n) is 4.90. The fourth-order valence-electron chi connectivity index (χ4n) is 1.80. The van der Waals surface area contributed by atoms with Crippen LogP contribution in [0.15, 0.2) is 30.3 Å². The van der Waals surface area contributed by atoms with Gasteiger partial charge >= 0.3 is 11.9 Å². The van der Waals surface area contributed by atoms with E-state index in [0.29, 0.717) is 12.0 Å². The summed E-state index contributed by atoms with van der Waals surface area (Å²) in [5, 5.41) is 2.53. The Balaban J connectivity index is 2.54. The number of hydrogen-bond acceptors (Lipinski definition) is 5. The number of benzene rings is 1. The fraction of sp³-hybridized carbons (Fsp3) is 0.438. The molecule has 22 heavy (non-hydrogen) atoms. The van der Waals surface area contributed by atoms with Crippen LogP contribution in [0.3, 0.4) is 0 Å². The molecule has 2 atom stereocenters. The Morgan fingerprint density at radius 3 is 2.36 bits per heavy atom. The predicted molar refractivity (Wildman–Crippen MR) is 80.1 cm³/mol. The number of rotatable bonds is 7. The molecule has 0 aromatic heterocycles. The summed E-state index contributed by atoms with van der Waals surface area (Å²) in [4.78, 5) is 35.2. The highest BCUT2D eigenvalue weighted by atomic mass is 16.5. The lowest BCUT2D eigenvalue weighted by molar-refractivity contribution is -0.147. The summed E-state index contributed by atoms with van der Waals surface area (Å²) in [5.41, 5.74) is 0.363. The van der Waals surface area contributed by atoms with E-state index < -0.39 is 30.5 Å². The molecular weight excluding hydrogens is 286 g/mol. The van der Waals surface area contributed by atoms with Crippen molar-refractivity contribution in [1.29, 1.82) is 0 Å². The van der Waals surface area contributed by atoms with E-state index in [0.717, 1.165) is 0 Å². The molecule has 6 nitrogen and oxygen atoms in total. The van der Waals surface area contributed by atoms with Crippen molar-refractivity contribution in [3.63, 3.8) is 0 Å². The van der Waals surface area contributed by atoms with Crippen LogP contribution in [0, 0.1) is 5.92 Å². The van der Waals surface area contributed by atoms with Crippen molar-refractivity contribution < 1.29 is 23.9 Å². The Morgan fingerprint density at radius 2 is 1.82 bits per heavy atom. The predicted octanol–water partition coefficient (Wildman–Crippen LogP) is 1.55. The normalized spacial score (nSPS) is 12.9. The van der Waals surface area contributed by atoms with Gasteiger partial charge in [0, 0.05) is 0 Å². The zero-order valence-electron chi connectivity index (χ0n) is 13.0. The van der Waals surface area contributed by atoms with Gasteiger partial charge in [0.05, 0.1) is 12.7 Å². The Morgan fingerprint density at radius 1 is 1.18 bits per heavy atom. The quantitative estimate of drug-likeness (QED) is 0.773. The monoisotopic (exact) mass is 307 g/mol. The smallest absolute Gasteiger partial charge is 0.338 e. The van der Waals surface area contributed by atoms with E-state index in [1.807, 2.05) is 13.8 Å². The molecule has 0 aliphatic heterocycles. The summed E-state index contributed by atoms with van der Waals surface area (Å²) in [7, 11) is 1.26. The van der Waals surface area contributed by atoms with Crippen molar-refractivity contribution in [3.05, 3.63) is 35.9 Å².